The average Bonchev–Trinajstić information content (AvgIpc) is 3.12. The molecule has 0 aliphatic heterocycles. The second-order valence-electron chi connectivity index (χ2n) is 6.51. The first-order valence-corrected chi connectivity index (χ1v) is 9.99. The van der Waals surface area contributed by atoms with E-state index in [0.717, 1.165) is 10.9 Å². The molecule has 158 valence electrons. The van der Waals surface area contributed by atoms with Crippen molar-refractivity contribution in [2.75, 3.05) is 6.26 Å². The second kappa shape index (κ2) is 6.75. The summed E-state index contributed by atoms with van der Waals surface area (Å²) in [6.45, 7) is 0. The molecule has 1 N–H and O–H groups in total. The van der Waals surface area contributed by atoms with Crippen LogP contribution >= 0.6 is 0 Å². The highest BCUT2D eigenvalue weighted by Gasteiger charge is 2.38. The van der Waals surface area contributed by atoms with Gasteiger partial charge in [0.1, 0.15) is 0 Å². The van der Waals surface area contributed by atoms with Crippen molar-refractivity contribution in [1.29, 1.82) is 0 Å². The van der Waals surface area contributed by atoms with Crippen LogP contribution in [0.15, 0.2) is 18.2 Å². The molecule has 0 fully saturated rings. The molecule has 0 bridgehead atoms. The van der Waals surface area contributed by atoms with Crippen molar-refractivity contribution < 1.29 is 39.6 Å². The monoisotopic (exact) mass is 441 g/mol. The second-order valence-corrected chi connectivity index (χ2v) is 8.26. The van der Waals surface area contributed by atoms with Crippen LogP contribution in [0, 0.1) is 0 Å². The third-order valence-electron chi connectivity index (χ3n) is 4.24. The molecule has 0 atom stereocenters. The van der Waals surface area contributed by atoms with Crippen LogP contribution < -0.4 is 4.72 Å². The molecule has 13 heteroatoms. The fraction of sp³-hybridized carbons (Fsp3) is 0.375. The van der Waals surface area contributed by atoms with Crippen LogP contribution in [0.1, 0.15) is 39.3 Å². The third-order valence-corrected chi connectivity index (χ3v) is 4.80. The first-order chi connectivity index (χ1) is 13.2. The van der Waals surface area contributed by atoms with E-state index < -0.39 is 45.1 Å². The SMILES string of the molecule is CS(=O)(=O)NC(=O)c1nn(-c2cc(C(F)(F)F)cc(C(F)(F)F)c2)c2c1CCC2. The number of rotatable bonds is 3. The number of nitrogens with one attached hydrogen (secondary N) is 1. The maximum Gasteiger partial charge on any atom is 0.416 e. The highest BCUT2D eigenvalue weighted by Crippen LogP contribution is 2.38. The predicted molar refractivity (Wildman–Crippen MR) is 87.9 cm³/mol. The van der Waals surface area contributed by atoms with Crippen molar-refractivity contribution in [3.8, 4) is 5.69 Å². The number of nitrogens with zero attached hydrogens (tertiary/aromatic N) is 2. The Bertz CT molecular complexity index is 1050. The molecular formula is C16H13F6N3O3S. The number of benzene rings is 1. The summed E-state index contributed by atoms with van der Waals surface area (Å²) >= 11 is 0. The van der Waals surface area contributed by atoms with Crippen LogP contribution in [-0.4, -0.2) is 30.4 Å². The molecule has 1 aromatic heterocycles. The largest absolute Gasteiger partial charge is 0.416 e. The third kappa shape index (κ3) is 4.38. The Kier molecular flexibility index (Phi) is 4.92. The first-order valence-electron chi connectivity index (χ1n) is 8.09. The van der Waals surface area contributed by atoms with Crippen LogP contribution in [-0.2, 0) is 35.2 Å². The zero-order valence-corrected chi connectivity index (χ0v) is 15.5. The summed E-state index contributed by atoms with van der Waals surface area (Å²) in [6, 6.07) is 0.989. The lowest BCUT2D eigenvalue weighted by Gasteiger charge is -2.15. The highest BCUT2D eigenvalue weighted by molar-refractivity contribution is 7.89. The fourth-order valence-corrected chi connectivity index (χ4v) is 3.54. The van der Waals surface area contributed by atoms with Crippen LogP contribution in [0.5, 0.6) is 0 Å². The number of halogens is 6. The summed E-state index contributed by atoms with van der Waals surface area (Å²) in [5, 5.41) is 3.84. The minimum Gasteiger partial charge on any atom is -0.266 e. The number of fused-ring (bicyclic) bond motifs is 1. The summed E-state index contributed by atoms with van der Waals surface area (Å²) in [5.74, 6) is -1.10. The molecule has 0 radical (unpaired) electrons. The molecule has 0 saturated carbocycles. The Morgan fingerprint density at radius 1 is 1.03 bits per heavy atom. The van der Waals surface area contributed by atoms with Crippen LogP contribution in [0.3, 0.4) is 0 Å². The van der Waals surface area contributed by atoms with E-state index >= 15 is 0 Å². The van der Waals surface area contributed by atoms with Crippen molar-refractivity contribution in [1.82, 2.24) is 14.5 Å². The first kappa shape index (κ1) is 21.1. The molecular weight excluding hydrogens is 428 g/mol. The lowest BCUT2D eigenvalue weighted by molar-refractivity contribution is -0.143. The number of carbonyl (C=O) groups excluding carboxylic acids is 1. The molecule has 1 aromatic carbocycles. The Hall–Kier alpha value is -2.57. The summed E-state index contributed by atoms with van der Waals surface area (Å²) in [5.41, 5.74) is -3.37. The number of amides is 1. The van der Waals surface area contributed by atoms with E-state index in [0.29, 0.717) is 18.6 Å². The summed E-state index contributed by atoms with van der Waals surface area (Å²) in [6.07, 6.45) is -8.33. The van der Waals surface area contributed by atoms with Gasteiger partial charge >= 0.3 is 12.4 Å². The Balaban J connectivity index is 2.19. The van der Waals surface area contributed by atoms with Crippen LogP contribution in [0.4, 0.5) is 26.3 Å². The maximum atomic E-state index is 13.1. The number of alkyl halides is 6. The maximum absolute atomic E-state index is 13.1. The minimum atomic E-state index is -5.04. The topological polar surface area (TPSA) is 81.1 Å². The molecule has 1 heterocycles. The van der Waals surface area contributed by atoms with Crippen molar-refractivity contribution in [2.45, 2.75) is 31.6 Å². The van der Waals surface area contributed by atoms with Gasteiger partial charge in [-0.2, -0.15) is 31.4 Å². The van der Waals surface area contributed by atoms with E-state index in [4.69, 9.17) is 0 Å². The Morgan fingerprint density at radius 3 is 2.07 bits per heavy atom. The number of aromatic nitrogens is 2. The van der Waals surface area contributed by atoms with Crippen LogP contribution in [0.25, 0.3) is 5.69 Å². The van der Waals surface area contributed by atoms with Crippen molar-refractivity contribution in [2.24, 2.45) is 0 Å². The van der Waals surface area contributed by atoms with Gasteiger partial charge in [0.2, 0.25) is 10.0 Å². The smallest absolute Gasteiger partial charge is 0.266 e. The van der Waals surface area contributed by atoms with Gasteiger partial charge in [-0.1, -0.05) is 0 Å². The van der Waals surface area contributed by atoms with Gasteiger partial charge in [0.25, 0.3) is 5.91 Å². The lowest BCUT2D eigenvalue weighted by Crippen LogP contribution is -2.30. The minimum absolute atomic E-state index is 0.00942. The van der Waals surface area contributed by atoms with E-state index in [9.17, 15) is 39.6 Å². The van der Waals surface area contributed by atoms with Gasteiger partial charge in [-0.25, -0.2) is 17.8 Å². The zero-order valence-electron chi connectivity index (χ0n) is 14.6. The van der Waals surface area contributed by atoms with E-state index in [1.807, 2.05) is 0 Å². The summed E-state index contributed by atoms with van der Waals surface area (Å²) in [7, 11) is -3.94. The molecule has 29 heavy (non-hydrogen) atoms. The highest BCUT2D eigenvalue weighted by atomic mass is 32.2. The Labute approximate surface area is 160 Å². The summed E-state index contributed by atoms with van der Waals surface area (Å²) < 4.78 is 104. The Morgan fingerprint density at radius 2 is 1.59 bits per heavy atom. The molecule has 1 amide bonds. The molecule has 6 nitrogen and oxygen atoms in total. The molecule has 0 spiro atoms. The number of sulfonamides is 1. The van der Waals surface area contributed by atoms with Gasteiger partial charge < -0.3 is 0 Å². The normalized spacial score (nSPS) is 14.7. The molecule has 0 saturated heterocycles. The van der Waals surface area contributed by atoms with Gasteiger partial charge in [0.15, 0.2) is 5.69 Å². The van der Waals surface area contributed by atoms with E-state index in [-0.39, 0.29) is 35.9 Å². The van der Waals surface area contributed by atoms with E-state index in [1.165, 1.54) is 0 Å². The van der Waals surface area contributed by atoms with E-state index in [2.05, 4.69) is 5.10 Å². The average molecular weight is 441 g/mol. The van der Waals surface area contributed by atoms with Gasteiger partial charge in [0, 0.05) is 11.3 Å². The van der Waals surface area contributed by atoms with Gasteiger partial charge in [-0.15, -0.1) is 0 Å². The zero-order chi connectivity index (χ0) is 21.8. The standard InChI is InChI=1S/C16H13F6N3O3S/c1-29(27,28)24-14(26)13-11-3-2-4-12(11)25(23-13)10-6-8(15(17,18)19)5-9(7-10)16(20,21)22/h5-7H,2-4H2,1H3,(H,24,26). The quantitative estimate of drug-likeness (QED) is 0.743. The molecule has 3 rings (SSSR count). The predicted octanol–water partition coefficient (Wildman–Crippen LogP) is 3.09. The molecule has 1 aliphatic rings. The van der Waals surface area contributed by atoms with Crippen molar-refractivity contribution >= 4 is 15.9 Å². The number of hydrogen-bond acceptors (Lipinski definition) is 4. The number of carbonyl (C=O) groups is 1. The molecule has 1 aliphatic carbocycles. The van der Waals surface area contributed by atoms with E-state index in [1.54, 1.807) is 4.72 Å². The molecule has 2 aromatic rings. The summed E-state index contributed by atoms with van der Waals surface area (Å²) in [4.78, 5) is 12.2. The van der Waals surface area contributed by atoms with Gasteiger partial charge in [-0.05, 0) is 37.5 Å². The van der Waals surface area contributed by atoms with Crippen molar-refractivity contribution in [3.63, 3.8) is 0 Å². The van der Waals surface area contributed by atoms with Gasteiger partial charge in [0.05, 0.1) is 23.1 Å². The molecule has 0 unspecified atom stereocenters. The fourth-order valence-electron chi connectivity index (χ4n) is 3.11. The number of hydrogen-bond donors (Lipinski definition) is 1. The lowest BCUT2D eigenvalue weighted by atomic mass is 10.1. The van der Waals surface area contributed by atoms with Crippen molar-refractivity contribution in [3.05, 3.63) is 46.3 Å². The van der Waals surface area contributed by atoms with Gasteiger partial charge in [-0.3, -0.25) is 4.79 Å². The van der Waals surface area contributed by atoms with Crippen LogP contribution in [0.2, 0.25) is 0 Å².